The molecule has 1 atom stereocenters. The van der Waals surface area contributed by atoms with Gasteiger partial charge in [0, 0.05) is 5.39 Å². The van der Waals surface area contributed by atoms with Gasteiger partial charge in [0.05, 0.1) is 12.1 Å². The molecule has 0 saturated heterocycles. The number of aliphatic hydroxyl groups is 1. The summed E-state index contributed by atoms with van der Waals surface area (Å²) in [4.78, 5) is 12.2. The van der Waals surface area contributed by atoms with Crippen LogP contribution in [0.15, 0.2) is 28.7 Å². The van der Waals surface area contributed by atoms with Gasteiger partial charge in [0.25, 0.3) is 5.91 Å². The number of hydrogen-bond acceptors (Lipinski definition) is 3. The van der Waals surface area contributed by atoms with Crippen LogP contribution in [0.2, 0.25) is 0 Å². The molecule has 5 heteroatoms. The van der Waals surface area contributed by atoms with Gasteiger partial charge in [-0.25, -0.2) is 4.39 Å². The van der Waals surface area contributed by atoms with Crippen molar-refractivity contribution in [3.8, 4) is 0 Å². The van der Waals surface area contributed by atoms with Gasteiger partial charge < -0.3 is 14.8 Å². The first-order valence-electron chi connectivity index (χ1n) is 6.64. The molecular weight excluding hydrogens is 261 g/mol. The average molecular weight is 277 g/mol. The number of benzene rings is 1. The number of rotatable bonds is 4. The Hall–Kier alpha value is -1.88. The molecule has 0 spiro atoms. The molecule has 1 aromatic carbocycles. The number of carbonyl (C=O) groups excluding carboxylic acids is 1. The van der Waals surface area contributed by atoms with Crippen LogP contribution in [0.4, 0.5) is 4.39 Å². The number of aliphatic hydroxyl groups excluding tert-OH is 1. The molecule has 3 rings (SSSR count). The van der Waals surface area contributed by atoms with E-state index < -0.39 is 5.54 Å². The van der Waals surface area contributed by atoms with E-state index >= 15 is 0 Å². The van der Waals surface area contributed by atoms with Crippen LogP contribution in [-0.4, -0.2) is 23.2 Å². The maximum atomic E-state index is 13.1. The summed E-state index contributed by atoms with van der Waals surface area (Å²) in [6.45, 7) is 1.71. The summed E-state index contributed by atoms with van der Waals surface area (Å²) in [7, 11) is 0. The van der Waals surface area contributed by atoms with Crippen molar-refractivity contribution in [1.29, 1.82) is 0 Å². The van der Waals surface area contributed by atoms with Gasteiger partial charge in [-0.05, 0) is 49.9 Å². The molecule has 1 saturated carbocycles. The van der Waals surface area contributed by atoms with E-state index in [1.165, 1.54) is 24.3 Å². The normalized spacial score (nSPS) is 17.9. The molecule has 1 amide bonds. The Morgan fingerprint density at radius 1 is 1.50 bits per heavy atom. The van der Waals surface area contributed by atoms with Crippen molar-refractivity contribution in [3.05, 3.63) is 35.8 Å². The Morgan fingerprint density at radius 2 is 2.25 bits per heavy atom. The van der Waals surface area contributed by atoms with Crippen molar-refractivity contribution in [2.75, 3.05) is 6.61 Å². The number of fused-ring (bicyclic) bond motifs is 1. The highest BCUT2D eigenvalue weighted by Crippen LogP contribution is 2.39. The summed E-state index contributed by atoms with van der Waals surface area (Å²) in [6, 6.07) is 5.61. The van der Waals surface area contributed by atoms with Gasteiger partial charge in [0.15, 0.2) is 5.76 Å². The molecule has 0 bridgehead atoms. The Labute approximate surface area is 115 Å². The van der Waals surface area contributed by atoms with E-state index in [2.05, 4.69) is 5.32 Å². The van der Waals surface area contributed by atoms with Gasteiger partial charge >= 0.3 is 0 Å². The first-order valence-corrected chi connectivity index (χ1v) is 6.64. The van der Waals surface area contributed by atoms with Gasteiger partial charge in [0.1, 0.15) is 11.4 Å². The van der Waals surface area contributed by atoms with Crippen molar-refractivity contribution in [3.63, 3.8) is 0 Å². The van der Waals surface area contributed by atoms with Gasteiger partial charge in [-0.15, -0.1) is 0 Å². The summed E-state index contributed by atoms with van der Waals surface area (Å²) in [5.74, 6) is -0.322. The van der Waals surface area contributed by atoms with Crippen LogP contribution in [0.3, 0.4) is 0 Å². The molecular formula is C15H16FNO3. The van der Waals surface area contributed by atoms with Crippen molar-refractivity contribution < 1.29 is 18.7 Å². The lowest BCUT2D eigenvalue weighted by molar-refractivity contribution is 0.0799. The lowest BCUT2D eigenvalue weighted by Crippen LogP contribution is -2.50. The summed E-state index contributed by atoms with van der Waals surface area (Å²) >= 11 is 0. The molecule has 20 heavy (non-hydrogen) atoms. The molecule has 2 N–H and O–H groups in total. The monoisotopic (exact) mass is 277 g/mol. The third-order valence-corrected chi connectivity index (χ3v) is 3.91. The number of furan rings is 1. The van der Waals surface area contributed by atoms with E-state index in [1.54, 1.807) is 0 Å². The van der Waals surface area contributed by atoms with E-state index in [1.807, 2.05) is 6.92 Å². The standard InChI is InChI=1S/C15H16FNO3/c1-15(8-18,10-2-3-10)17-14(19)13-7-9-6-11(16)4-5-12(9)20-13/h4-7,10,18H,2-3,8H2,1H3,(H,17,19). The number of nitrogens with one attached hydrogen (secondary N) is 1. The minimum Gasteiger partial charge on any atom is -0.451 e. The maximum Gasteiger partial charge on any atom is 0.287 e. The Bertz CT molecular complexity index is 662. The third-order valence-electron chi connectivity index (χ3n) is 3.91. The van der Waals surface area contributed by atoms with Crippen LogP contribution in [-0.2, 0) is 0 Å². The second kappa shape index (κ2) is 4.59. The fourth-order valence-electron chi connectivity index (χ4n) is 2.44. The van der Waals surface area contributed by atoms with Crippen molar-refractivity contribution in [2.45, 2.75) is 25.3 Å². The summed E-state index contributed by atoms with van der Waals surface area (Å²) in [5, 5.41) is 12.8. The van der Waals surface area contributed by atoms with Gasteiger partial charge in [-0.3, -0.25) is 4.79 Å². The minimum absolute atomic E-state index is 0.113. The highest BCUT2D eigenvalue weighted by Gasteiger charge is 2.42. The molecule has 1 aromatic heterocycles. The number of hydrogen-bond donors (Lipinski definition) is 2. The summed E-state index contributed by atoms with van der Waals surface area (Å²) in [6.07, 6.45) is 2.01. The molecule has 0 radical (unpaired) electrons. The van der Waals surface area contributed by atoms with Crippen LogP contribution >= 0.6 is 0 Å². The Kier molecular flexibility index (Phi) is 3.01. The Morgan fingerprint density at radius 3 is 2.90 bits per heavy atom. The minimum atomic E-state index is -0.624. The molecule has 1 aliphatic carbocycles. The SMILES string of the molecule is CC(CO)(NC(=O)c1cc2cc(F)ccc2o1)C1CC1. The third kappa shape index (κ3) is 2.29. The quantitative estimate of drug-likeness (QED) is 0.902. The number of halogens is 1. The van der Waals surface area contributed by atoms with Crippen molar-refractivity contribution in [1.82, 2.24) is 5.32 Å². The van der Waals surface area contributed by atoms with Crippen LogP contribution in [0.1, 0.15) is 30.3 Å². The zero-order chi connectivity index (χ0) is 14.3. The highest BCUT2D eigenvalue weighted by molar-refractivity contribution is 5.96. The molecule has 2 aromatic rings. The molecule has 106 valence electrons. The highest BCUT2D eigenvalue weighted by atomic mass is 19.1. The fraction of sp³-hybridized carbons (Fsp3) is 0.400. The van der Waals surface area contributed by atoms with Gasteiger partial charge in [-0.1, -0.05) is 0 Å². The smallest absolute Gasteiger partial charge is 0.287 e. The van der Waals surface area contributed by atoms with Gasteiger partial charge in [-0.2, -0.15) is 0 Å². The molecule has 1 heterocycles. The van der Waals surface area contributed by atoms with E-state index in [9.17, 15) is 14.3 Å². The largest absolute Gasteiger partial charge is 0.451 e. The Balaban J connectivity index is 1.85. The van der Waals surface area contributed by atoms with Crippen LogP contribution in [0, 0.1) is 11.7 Å². The molecule has 1 aliphatic rings. The van der Waals surface area contributed by atoms with Crippen LogP contribution in [0.25, 0.3) is 11.0 Å². The lowest BCUT2D eigenvalue weighted by Gasteiger charge is -2.28. The second-order valence-corrected chi connectivity index (χ2v) is 5.60. The van der Waals surface area contributed by atoms with E-state index in [4.69, 9.17) is 4.42 Å². The average Bonchev–Trinajstić information content (AvgIpc) is 3.19. The zero-order valence-electron chi connectivity index (χ0n) is 11.1. The van der Waals surface area contributed by atoms with Gasteiger partial charge in [0.2, 0.25) is 0 Å². The first-order chi connectivity index (χ1) is 9.51. The lowest BCUT2D eigenvalue weighted by atomic mass is 9.97. The van der Waals surface area contributed by atoms with E-state index in [0.717, 1.165) is 12.8 Å². The summed E-state index contributed by atoms with van der Waals surface area (Å²) < 4.78 is 18.5. The van der Waals surface area contributed by atoms with Crippen LogP contribution in [0.5, 0.6) is 0 Å². The number of amides is 1. The second-order valence-electron chi connectivity index (χ2n) is 5.60. The predicted molar refractivity (Wildman–Crippen MR) is 71.9 cm³/mol. The van der Waals surface area contributed by atoms with Crippen molar-refractivity contribution >= 4 is 16.9 Å². The topological polar surface area (TPSA) is 62.5 Å². The molecule has 1 unspecified atom stereocenters. The first kappa shape index (κ1) is 13.1. The molecule has 4 nitrogen and oxygen atoms in total. The summed E-state index contributed by atoms with van der Waals surface area (Å²) in [5.41, 5.74) is -0.157. The molecule has 0 aliphatic heterocycles. The van der Waals surface area contributed by atoms with E-state index in [-0.39, 0.29) is 24.1 Å². The fourth-order valence-corrected chi connectivity index (χ4v) is 2.44. The predicted octanol–water partition coefficient (Wildman–Crippen LogP) is 2.46. The zero-order valence-corrected chi connectivity index (χ0v) is 11.1. The maximum absolute atomic E-state index is 13.1. The molecule has 1 fully saturated rings. The van der Waals surface area contributed by atoms with E-state index in [0.29, 0.717) is 16.9 Å². The number of carbonyl (C=O) groups is 1. The van der Waals surface area contributed by atoms with Crippen molar-refractivity contribution in [2.24, 2.45) is 5.92 Å². The van der Waals surface area contributed by atoms with Crippen LogP contribution < -0.4 is 5.32 Å².